The highest BCUT2D eigenvalue weighted by Crippen LogP contribution is 2.22. The third kappa shape index (κ3) is 5.67. The molecule has 0 aromatic heterocycles. The van der Waals surface area contributed by atoms with Crippen LogP contribution in [0.1, 0.15) is 32.8 Å². The maximum Gasteiger partial charge on any atom is 0.120 e. The first-order valence-corrected chi connectivity index (χ1v) is 7.88. The lowest BCUT2D eigenvalue weighted by Crippen LogP contribution is -2.07. The Labute approximate surface area is 116 Å². The summed E-state index contributed by atoms with van der Waals surface area (Å²) in [4.78, 5) is 0. The topological polar surface area (TPSA) is 21.3 Å². The molecule has 0 radical (unpaired) electrons. The second-order valence-corrected chi connectivity index (χ2v) is 6.01. The molecule has 0 aliphatic carbocycles. The van der Waals surface area contributed by atoms with E-state index in [-0.39, 0.29) is 6.10 Å². The molecule has 0 amide bonds. The summed E-state index contributed by atoms with van der Waals surface area (Å²) < 4.78 is 5.68. The second-order valence-electron chi connectivity index (χ2n) is 4.62. The number of nitrogens with one attached hydrogen (secondary N) is 1. The van der Waals surface area contributed by atoms with Crippen LogP contribution in [0.5, 0.6) is 5.75 Å². The van der Waals surface area contributed by atoms with Crippen molar-refractivity contribution in [2.45, 2.75) is 40.2 Å². The van der Waals surface area contributed by atoms with E-state index < -0.39 is 0 Å². The maximum atomic E-state index is 5.68. The third-order valence-electron chi connectivity index (χ3n) is 2.55. The molecule has 18 heavy (non-hydrogen) atoms. The number of rotatable bonds is 8. The monoisotopic (exact) mass is 267 g/mol. The molecule has 1 aromatic carbocycles. The van der Waals surface area contributed by atoms with Crippen LogP contribution in [0.15, 0.2) is 18.2 Å². The Hall–Kier alpha value is -0.830. The first-order chi connectivity index (χ1) is 8.63. The van der Waals surface area contributed by atoms with Gasteiger partial charge in [0.25, 0.3) is 0 Å². The van der Waals surface area contributed by atoms with Gasteiger partial charge in [-0.05, 0) is 62.5 Å². The number of benzene rings is 1. The average Bonchev–Trinajstić information content (AvgIpc) is 2.30. The lowest BCUT2D eigenvalue weighted by Gasteiger charge is -2.13. The van der Waals surface area contributed by atoms with Gasteiger partial charge in [-0.3, -0.25) is 0 Å². The molecule has 0 unspecified atom stereocenters. The van der Waals surface area contributed by atoms with Crippen LogP contribution >= 0.6 is 11.8 Å². The van der Waals surface area contributed by atoms with E-state index in [1.54, 1.807) is 0 Å². The van der Waals surface area contributed by atoms with Crippen LogP contribution in [0.25, 0.3) is 0 Å². The van der Waals surface area contributed by atoms with Crippen LogP contribution in [0, 0.1) is 6.92 Å². The van der Waals surface area contributed by atoms with Gasteiger partial charge in [0.15, 0.2) is 0 Å². The van der Waals surface area contributed by atoms with Crippen LogP contribution in [0.3, 0.4) is 0 Å². The van der Waals surface area contributed by atoms with Gasteiger partial charge in [0, 0.05) is 12.2 Å². The summed E-state index contributed by atoms with van der Waals surface area (Å²) >= 11 is 2.00. The smallest absolute Gasteiger partial charge is 0.120 e. The normalized spacial score (nSPS) is 10.7. The second kappa shape index (κ2) is 8.30. The molecule has 0 heterocycles. The van der Waals surface area contributed by atoms with Crippen molar-refractivity contribution < 1.29 is 4.74 Å². The molecule has 0 atom stereocenters. The molecule has 0 spiro atoms. The van der Waals surface area contributed by atoms with Gasteiger partial charge in [0.05, 0.1) is 6.10 Å². The van der Waals surface area contributed by atoms with Gasteiger partial charge in [-0.2, -0.15) is 11.8 Å². The Morgan fingerprint density at radius 3 is 2.72 bits per heavy atom. The quantitative estimate of drug-likeness (QED) is 0.708. The highest BCUT2D eigenvalue weighted by atomic mass is 32.2. The number of anilines is 1. The van der Waals surface area contributed by atoms with Crippen molar-refractivity contribution in [3.63, 3.8) is 0 Å². The van der Waals surface area contributed by atoms with E-state index in [4.69, 9.17) is 4.74 Å². The van der Waals surface area contributed by atoms with Crippen molar-refractivity contribution in [3.05, 3.63) is 23.8 Å². The van der Waals surface area contributed by atoms with Crippen molar-refractivity contribution in [2.24, 2.45) is 0 Å². The zero-order chi connectivity index (χ0) is 13.4. The van der Waals surface area contributed by atoms with Crippen LogP contribution in [-0.4, -0.2) is 24.2 Å². The Bertz CT molecular complexity index is 352. The van der Waals surface area contributed by atoms with E-state index in [1.807, 2.05) is 31.7 Å². The molecule has 0 bridgehead atoms. The number of thioether (sulfide) groups is 1. The van der Waals surface area contributed by atoms with Crippen LogP contribution in [-0.2, 0) is 0 Å². The molecule has 0 aliphatic heterocycles. The predicted molar refractivity (Wildman–Crippen MR) is 83.0 cm³/mol. The molecule has 0 fully saturated rings. The van der Waals surface area contributed by atoms with Crippen molar-refractivity contribution in [1.82, 2.24) is 0 Å². The number of hydrogen-bond acceptors (Lipinski definition) is 3. The summed E-state index contributed by atoms with van der Waals surface area (Å²) in [6, 6.07) is 6.25. The largest absolute Gasteiger partial charge is 0.491 e. The third-order valence-corrected chi connectivity index (χ3v) is 3.54. The average molecular weight is 267 g/mol. The summed E-state index contributed by atoms with van der Waals surface area (Å²) in [5.41, 5.74) is 2.46. The molecule has 0 aliphatic rings. The Kier molecular flexibility index (Phi) is 7.02. The van der Waals surface area contributed by atoms with Crippen LogP contribution in [0.4, 0.5) is 5.69 Å². The van der Waals surface area contributed by atoms with Crippen LogP contribution < -0.4 is 10.1 Å². The Balaban J connectivity index is 2.42. The summed E-state index contributed by atoms with van der Waals surface area (Å²) in [5.74, 6) is 3.40. The van der Waals surface area contributed by atoms with E-state index in [1.165, 1.54) is 29.2 Å². The van der Waals surface area contributed by atoms with Gasteiger partial charge in [-0.15, -0.1) is 0 Å². The molecule has 0 saturated heterocycles. The predicted octanol–water partition coefficient (Wildman–Crippen LogP) is 4.34. The molecule has 1 rings (SSSR count). The Morgan fingerprint density at radius 1 is 1.33 bits per heavy atom. The number of aryl methyl sites for hydroxylation is 1. The van der Waals surface area contributed by atoms with E-state index >= 15 is 0 Å². The maximum absolute atomic E-state index is 5.68. The SMILES string of the molecule is CCSCCCNc1ccc(OC(C)C)cc1C. The Morgan fingerprint density at radius 2 is 2.11 bits per heavy atom. The van der Waals surface area contributed by atoms with Crippen molar-refractivity contribution in [3.8, 4) is 5.75 Å². The van der Waals surface area contributed by atoms with Crippen molar-refractivity contribution in [2.75, 3.05) is 23.4 Å². The van der Waals surface area contributed by atoms with Crippen LogP contribution in [0.2, 0.25) is 0 Å². The van der Waals surface area contributed by atoms with Gasteiger partial charge in [0.1, 0.15) is 5.75 Å². The van der Waals surface area contributed by atoms with E-state index in [0.717, 1.165) is 12.3 Å². The number of ether oxygens (including phenoxy) is 1. The zero-order valence-electron chi connectivity index (χ0n) is 12.0. The van der Waals surface area contributed by atoms with Crippen molar-refractivity contribution in [1.29, 1.82) is 0 Å². The van der Waals surface area contributed by atoms with E-state index in [9.17, 15) is 0 Å². The number of hydrogen-bond donors (Lipinski definition) is 1. The molecule has 1 N–H and O–H groups in total. The first-order valence-electron chi connectivity index (χ1n) is 6.72. The highest BCUT2D eigenvalue weighted by molar-refractivity contribution is 7.99. The molecular weight excluding hydrogens is 242 g/mol. The van der Waals surface area contributed by atoms with Gasteiger partial charge in [-0.25, -0.2) is 0 Å². The molecule has 0 saturated carbocycles. The fourth-order valence-electron chi connectivity index (χ4n) is 1.72. The fourth-order valence-corrected chi connectivity index (χ4v) is 2.36. The van der Waals surface area contributed by atoms with Gasteiger partial charge in [0.2, 0.25) is 0 Å². The van der Waals surface area contributed by atoms with Crippen molar-refractivity contribution >= 4 is 17.4 Å². The molecule has 102 valence electrons. The van der Waals surface area contributed by atoms with E-state index in [2.05, 4.69) is 31.3 Å². The zero-order valence-corrected chi connectivity index (χ0v) is 12.8. The molecule has 1 aromatic rings. The summed E-state index contributed by atoms with van der Waals surface area (Å²) in [6.07, 6.45) is 1.44. The first kappa shape index (κ1) is 15.2. The van der Waals surface area contributed by atoms with E-state index in [0.29, 0.717) is 0 Å². The lowest BCUT2D eigenvalue weighted by atomic mass is 10.2. The minimum absolute atomic E-state index is 0.231. The standard InChI is InChI=1S/C15H25NOS/c1-5-18-10-6-9-16-15-8-7-14(11-13(15)4)17-12(2)3/h7-8,11-12,16H,5-6,9-10H2,1-4H3. The highest BCUT2D eigenvalue weighted by Gasteiger charge is 2.02. The minimum atomic E-state index is 0.231. The minimum Gasteiger partial charge on any atom is -0.491 e. The summed E-state index contributed by atoms with van der Waals surface area (Å²) in [6.45, 7) is 9.46. The molecule has 2 nitrogen and oxygen atoms in total. The van der Waals surface area contributed by atoms with Gasteiger partial charge in [-0.1, -0.05) is 6.92 Å². The molecule has 3 heteroatoms. The lowest BCUT2D eigenvalue weighted by molar-refractivity contribution is 0.242. The summed E-state index contributed by atoms with van der Waals surface area (Å²) in [7, 11) is 0. The fraction of sp³-hybridized carbons (Fsp3) is 0.600. The van der Waals surface area contributed by atoms with Gasteiger partial charge < -0.3 is 10.1 Å². The molecular formula is C15H25NOS. The van der Waals surface area contributed by atoms with Gasteiger partial charge >= 0.3 is 0 Å². The summed E-state index contributed by atoms with van der Waals surface area (Å²) in [5, 5.41) is 3.48.